The predicted molar refractivity (Wildman–Crippen MR) is 172 cm³/mol. The highest BCUT2D eigenvalue weighted by Crippen LogP contribution is 2.38. The fraction of sp³-hybridized carbons (Fsp3) is 0.688. The van der Waals surface area contributed by atoms with E-state index >= 15 is 0 Å². The molecule has 2 aromatic rings. The smallest absolute Gasteiger partial charge is 0.296 e. The van der Waals surface area contributed by atoms with Gasteiger partial charge < -0.3 is 10.0 Å². The standard InChI is InChI=1S/C28H44O6S2.C4H11NO/c1-21(2)15-9-5-7-11-17-23-24-18-13-14-20-26(24)28(36(32,33)34)27(35(29,30)31)25(23)19-12-8-6-10-16-22(3)4;1-5(2)3-4-6/h13-14,18,20-22H,5-12,15-17,19H2,1-4H3,(H,29,30,31)(H,32,33,34);6H,3-4H2,1-2H3. The Labute approximate surface area is 255 Å². The number of nitrogens with zero attached hydrogens (tertiary/aromatic N) is 1. The lowest BCUT2D eigenvalue weighted by Gasteiger charge is -2.20. The first-order valence-electron chi connectivity index (χ1n) is 15.4. The number of aliphatic hydroxyl groups excluding tert-OH is 1. The molecule has 242 valence electrons. The maximum atomic E-state index is 12.6. The van der Waals surface area contributed by atoms with Crippen LogP contribution in [0.3, 0.4) is 0 Å². The van der Waals surface area contributed by atoms with E-state index in [9.17, 15) is 25.9 Å². The average Bonchev–Trinajstić information content (AvgIpc) is 2.86. The molecule has 0 radical (unpaired) electrons. The van der Waals surface area contributed by atoms with Crippen molar-refractivity contribution < 1.29 is 31.0 Å². The highest BCUT2D eigenvalue weighted by atomic mass is 32.2. The predicted octanol–water partition coefficient (Wildman–Crippen LogP) is 7.17. The van der Waals surface area contributed by atoms with Crippen LogP contribution in [0.5, 0.6) is 0 Å². The summed E-state index contributed by atoms with van der Waals surface area (Å²) < 4.78 is 70.3. The molecule has 3 N–H and O–H groups in total. The van der Waals surface area contributed by atoms with E-state index in [1.807, 2.05) is 19.0 Å². The Balaban J connectivity index is 0.00000132. The molecular formula is C32H55NO7S2. The molecule has 0 aliphatic carbocycles. The van der Waals surface area contributed by atoms with Crippen molar-refractivity contribution in [3.8, 4) is 0 Å². The van der Waals surface area contributed by atoms with Crippen LogP contribution >= 0.6 is 0 Å². The molecule has 0 saturated heterocycles. The SMILES string of the molecule is CC(C)CCCCCCc1c(S(=O)(=O)O)c(S(=O)(=O)O)c2ccccc2c1CCCCCCC(C)C.CN(C)CCO. The van der Waals surface area contributed by atoms with E-state index in [-0.39, 0.29) is 12.0 Å². The minimum absolute atomic E-state index is 0.128. The lowest BCUT2D eigenvalue weighted by Crippen LogP contribution is -2.15. The summed E-state index contributed by atoms with van der Waals surface area (Å²) in [4.78, 5) is 0.566. The van der Waals surface area contributed by atoms with E-state index in [0.717, 1.165) is 63.5 Å². The third-order valence-corrected chi connectivity index (χ3v) is 9.36. The summed E-state index contributed by atoms with van der Waals surface area (Å²) in [6.07, 6.45) is 10.9. The third kappa shape index (κ3) is 13.8. The summed E-state index contributed by atoms with van der Waals surface area (Å²) in [6.45, 7) is 9.79. The van der Waals surface area contributed by atoms with Gasteiger partial charge in [0.25, 0.3) is 20.2 Å². The number of unbranched alkanes of at least 4 members (excludes halogenated alkanes) is 6. The van der Waals surface area contributed by atoms with Gasteiger partial charge in [-0.05, 0) is 68.1 Å². The molecule has 0 aliphatic rings. The van der Waals surface area contributed by atoms with E-state index in [0.29, 0.717) is 42.0 Å². The molecule has 42 heavy (non-hydrogen) atoms. The molecule has 0 fully saturated rings. The molecule has 0 unspecified atom stereocenters. The van der Waals surface area contributed by atoms with Crippen LogP contribution in [0, 0.1) is 11.8 Å². The Morgan fingerprint density at radius 1 is 0.643 bits per heavy atom. The maximum absolute atomic E-state index is 12.6. The van der Waals surface area contributed by atoms with Crippen LogP contribution in [0.1, 0.15) is 103 Å². The molecule has 8 nitrogen and oxygen atoms in total. The Morgan fingerprint density at radius 2 is 1.07 bits per heavy atom. The van der Waals surface area contributed by atoms with Crippen molar-refractivity contribution in [1.29, 1.82) is 0 Å². The monoisotopic (exact) mass is 629 g/mol. The Morgan fingerprint density at radius 3 is 1.45 bits per heavy atom. The van der Waals surface area contributed by atoms with Gasteiger partial charge >= 0.3 is 0 Å². The summed E-state index contributed by atoms with van der Waals surface area (Å²) in [7, 11) is -5.97. The second-order valence-electron chi connectivity index (χ2n) is 12.3. The Kier molecular flexibility index (Phi) is 17.4. The lowest BCUT2D eigenvalue weighted by atomic mass is 9.91. The molecule has 10 heteroatoms. The minimum Gasteiger partial charge on any atom is -0.395 e. The van der Waals surface area contributed by atoms with Crippen LogP contribution in [0.25, 0.3) is 10.8 Å². The van der Waals surface area contributed by atoms with Gasteiger partial charge in [-0.1, -0.05) is 103 Å². The first-order valence-corrected chi connectivity index (χ1v) is 18.3. The van der Waals surface area contributed by atoms with Crippen molar-refractivity contribution in [2.75, 3.05) is 27.2 Å². The summed E-state index contributed by atoms with van der Waals surface area (Å²) in [6, 6.07) is 6.66. The highest BCUT2D eigenvalue weighted by molar-refractivity contribution is 7.89. The number of rotatable bonds is 18. The molecule has 2 aromatic carbocycles. The second kappa shape index (κ2) is 19.0. The van der Waals surface area contributed by atoms with Crippen molar-refractivity contribution >= 4 is 31.0 Å². The van der Waals surface area contributed by atoms with Crippen molar-refractivity contribution in [2.24, 2.45) is 11.8 Å². The number of hydrogen-bond donors (Lipinski definition) is 3. The summed E-state index contributed by atoms with van der Waals surface area (Å²) in [5.41, 5.74) is 1.09. The van der Waals surface area contributed by atoms with Gasteiger partial charge in [-0.15, -0.1) is 0 Å². The average molecular weight is 630 g/mol. The van der Waals surface area contributed by atoms with Gasteiger partial charge in [-0.3, -0.25) is 9.11 Å². The van der Waals surface area contributed by atoms with Crippen molar-refractivity contribution in [3.05, 3.63) is 35.4 Å². The first kappa shape index (κ1) is 38.5. The van der Waals surface area contributed by atoms with Crippen LogP contribution in [-0.4, -0.2) is 63.2 Å². The fourth-order valence-corrected chi connectivity index (χ4v) is 7.52. The van der Waals surface area contributed by atoms with Gasteiger partial charge in [0.05, 0.1) is 6.61 Å². The molecule has 0 saturated carbocycles. The summed E-state index contributed by atoms with van der Waals surface area (Å²) in [5.74, 6) is 1.28. The van der Waals surface area contributed by atoms with Gasteiger partial charge in [0.15, 0.2) is 0 Å². The van der Waals surface area contributed by atoms with Crippen LogP contribution in [-0.2, 0) is 33.1 Å². The van der Waals surface area contributed by atoms with Crippen LogP contribution in [0.2, 0.25) is 0 Å². The molecule has 0 aliphatic heterocycles. The maximum Gasteiger partial charge on any atom is 0.296 e. The minimum atomic E-state index is -4.91. The Bertz CT molecular complexity index is 1290. The molecular weight excluding hydrogens is 574 g/mol. The van der Waals surface area contributed by atoms with Crippen molar-refractivity contribution in [2.45, 2.75) is 115 Å². The number of fused-ring (bicyclic) bond motifs is 1. The van der Waals surface area contributed by atoms with Crippen LogP contribution in [0.15, 0.2) is 34.1 Å². The molecule has 0 spiro atoms. The first-order chi connectivity index (χ1) is 19.6. The topological polar surface area (TPSA) is 132 Å². The van der Waals surface area contributed by atoms with Gasteiger partial charge in [0, 0.05) is 11.9 Å². The third-order valence-electron chi connectivity index (χ3n) is 7.32. The van der Waals surface area contributed by atoms with E-state index < -0.39 is 30.0 Å². The molecule has 0 aromatic heterocycles. The number of aliphatic hydroxyl groups is 1. The second-order valence-corrected chi connectivity index (χ2v) is 15.0. The van der Waals surface area contributed by atoms with Crippen LogP contribution < -0.4 is 0 Å². The largest absolute Gasteiger partial charge is 0.395 e. The summed E-state index contributed by atoms with van der Waals surface area (Å²) in [5, 5.41) is 8.94. The van der Waals surface area contributed by atoms with Crippen molar-refractivity contribution in [3.63, 3.8) is 0 Å². The van der Waals surface area contributed by atoms with Gasteiger partial charge in [-0.2, -0.15) is 16.8 Å². The number of benzene rings is 2. The van der Waals surface area contributed by atoms with Gasteiger partial charge in [-0.25, -0.2) is 0 Å². The molecule has 0 bridgehead atoms. The zero-order valence-electron chi connectivity index (χ0n) is 26.6. The zero-order valence-corrected chi connectivity index (χ0v) is 28.2. The van der Waals surface area contributed by atoms with Gasteiger partial charge in [0.1, 0.15) is 9.79 Å². The molecule has 2 rings (SSSR count). The summed E-state index contributed by atoms with van der Waals surface area (Å²) >= 11 is 0. The van der Waals surface area contributed by atoms with Crippen LogP contribution in [0.4, 0.5) is 0 Å². The van der Waals surface area contributed by atoms with E-state index in [1.54, 1.807) is 18.2 Å². The van der Waals surface area contributed by atoms with E-state index in [1.165, 1.54) is 12.5 Å². The van der Waals surface area contributed by atoms with E-state index in [4.69, 9.17) is 5.11 Å². The fourth-order valence-electron chi connectivity index (χ4n) is 5.20. The quantitative estimate of drug-likeness (QED) is 0.117. The van der Waals surface area contributed by atoms with E-state index in [2.05, 4.69) is 27.7 Å². The molecule has 0 amide bonds. The lowest BCUT2D eigenvalue weighted by molar-refractivity contribution is 0.243. The Hall–Kier alpha value is -1.56. The molecule has 0 atom stereocenters. The normalized spacial score (nSPS) is 12.4. The van der Waals surface area contributed by atoms with Gasteiger partial charge in [0.2, 0.25) is 0 Å². The number of aryl methyl sites for hydroxylation is 1. The van der Waals surface area contributed by atoms with Crippen molar-refractivity contribution in [1.82, 2.24) is 4.90 Å². The highest BCUT2D eigenvalue weighted by Gasteiger charge is 2.32. The number of likely N-dealkylation sites (N-methyl/N-ethyl adjacent to an activating group) is 1. The zero-order chi connectivity index (χ0) is 31.9. The molecule has 0 heterocycles. The number of hydrogen-bond acceptors (Lipinski definition) is 6.